The Kier molecular flexibility index (Phi) is 7.81. The van der Waals surface area contributed by atoms with Crippen LogP contribution in [0.4, 0.5) is 4.79 Å². The minimum Gasteiger partial charge on any atom is -0.351 e. The Balaban J connectivity index is 0. The molecule has 3 N–H and O–H groups in total. The van der Waals surface area contributed by atoms with Gasteiger partial charge in [0.15, 0.2) is 0 Å². The molecule has 0 bridgehead atoms. The van der Waals surface area contributed by atoms with E-state index >= 15 is 0 Å². The minimum absolute atomic E-state index is 0. The molecule has 1 atom stereocenters. The zero-order valence-electron chi connectivity index (χ0n) is 4.51. The number of urea groups is 1. The van der Waals surface area contributed by atoms with Crippen molar-refractivity contribution in [2.45, 2.75) is 0 Å². The van der Waals surface area contributed by atoms with Crippen LogP contribution >= 0.6 is 0 Å². The van der Waals surface area contributed by atoms with Gasteiger partial charge in [-0.1, -0.05) is 0 Å². The zero-order valence-corrected chi connectivity index (χ0v) is 7.33. The summed E-state index contributed by atoms with van der Waals surface area (Å²) >= 11 is 0. The average Bonchev–Trinajstić information content (AvgIpc) is 1.27. The molecule has 0 aliphatic heterocycles. The topological polar surface area (TPSA) is 72.2 Å². The number of nitrogens with one attached hydrogen (secondary N) is 1. The fourth-order valence-electron chi connectivity index (χ4n) is 0.112. The van der Waals surface area contributed by atoms with Gasteiger partial charge in [-0.05, 0) is 11.0 Å². The molecule has 42 valence electrons. The molecule has 1 unspecified atom stereocenters. The van der Waals surface area contributed by atoms with Crippen LogP contribution in [-0.2, 0) is 11.0 Å². The summed E-state index contributed by atoms with van der Waals surface area (Å²) in [5.41, 5.74) is 4.51. The van der Waals surface area contributed by atoms with E-state index in [9.17, 15) is 9.00 Å². The van der Waals surface area contributed by atoms with Crippen LogP contribution in [0.5, 0.6) is 0 Å². The number of primary amides is 1. The van der Waals surface area contributed by atoms with Gasteiger partial charge < -0.3 is 5.73 Å². The van der Waals surface area contributed by atoms with E-state index in [2.05, 4.69) is 12.0 Å². The molecular weight excluding hydrogens is 139 g/mol. The number of nitrogens with two attached hydrogens (primary N) is 1. The number of carbonyl (C=O) groups is 1. The van der Waals surface area contributed by atoms with Crippen molar-refractivity contribution >= 4 is 17.0 Å². The van der Waals surface area contributed by atoms with Crippen LogP contribution in [0.25, 0.3) is 0 Å². The van der Waals surface area contributed by atoms with Crippen LogP contribution in [0.15, 0.2) is 0 Å². The summed E-state index contributed by atoms with van der Waals surface area (Å²) in [5.74, 6) is 0. The second-order valence-corrected chi connectivity index (χ2v) is 1.71. The molecule has 0 aliphatic carbocycles. The van der Waals surface area contributed by atoms with Gasteiger partial charge >= 0.3 is 35.6 Å². The van der Waals surface area contributed by atoms with Gasteiger partial charge in [-0.2, -0.15) is 0 Å². The Bertz CT molecular complexity index is 94.2. The van der Waals surface area contributed by atoms with E-state index < -0.39 is 17.0 Å². The van der Waals surface area contributed by atoms with E-state index in [1.54, 1.807) is 4.72 Å². The van der Waals surface area contributed by atoms with E-state index in [0.29, 0.717) is 0 Å². The van der Waals surface area contributed by atoms with E-state index in [0.717, 1.165) is 0 Å². The van der Waals surface area contributed by atoms with Gasteiger partial charge in [0, 0.05) is 0 Å². The van der Waals surface area contributed by atoms with Crippen LogP contribution in [0.2, 0.25) is 0 Å². The summed E-state index contributed by atoms with van der Waals surface area (Å²) in [4.78, 5) is 9.69. The van der Waals surface area contributed by atoms with Crippen molar-refractivity contribution in [3.63, 3.8) is 0 Å². The molecule has 8 heavy (non-hydrogen) atoms. The van der Waals surface area contributed by atoms with Crippen molar-refractivity contribution in [3.8, 4) is 0 Å². The molecule has 6 heteroatoms. The van der Waals surface area contributed by atoms with Gasteiger partial charge in [-0.3, -0.25) is 8.93 Å². The molecule has 2 amide bonds. The number of hydrogen-bond donors (Lipinski definition) is 2. The van der Waals surface area contributed by atoms with Gasteiger partial charge in [0.05, 0.1) is 0 Å². The van der Waals surface area contributed by atoms with Crippen LogP contribution in [0.3, 0.4) is 0 Å². The van der Waals surface area contributed by atoms with Crippen molar-refractivity contribution < 1.29 is 38.6 Å². The minimum atomic E-state index is -1.57. The quantitative estimate of drug-likeness (QED) is 0.292. The van der Waals surface area contributed by atoms with E-state index in [1.807, 2.05) is 0 Å². The Morgan fingerprint density at radius 2 is 2.12 bits per heavy atom. The number of hydrogen-bond acceptors (Lipinski definition) is 2. The molecule has 0 aliphatic rings. The first-order valence-corrected chi connectivity index (χ1v) is 2.72. The molecule has 0 radical (unpaired) electrons. The maximum Gasteiger partial charge on any atom is 1.00 e. The van der Waals surface area contributed by atoms with Crippen LogP contribution in [0.1, 0.15) is 0 Å². The van der Waals surface area contributed by atoms with Gasteiger partial charge in [-0.25, -0.2) is 11.1 Å². The monoisotopic (exact) mass is 144 g/mol. The number of carbonyl (C=O) groups excluding carboxylic acids is 1. The first-order chi connectivity index (χ1) is 3.13. The Morgan fingerprint density at radius 3 is 2.12 bits per heavy atom. The van der Waals surface area contributed by atoms with Gasteiger partial charge in [0.1, 0.15) is 0 Å². The summed E-state index contributed by atoms with van der Waals surface area (Å²) in [6, 6.07) is -0.826. The summed E-state index contributed by atoms with van der Waals surface area (Å²) in [6.45, 7) is 0. The second kappa shape index (κ2) is 5.55. The van der Waals surface area contributed by atoms with E-state index in [1.165, 1.54) is 0 Å². The molecule has 0 heterocycles. The molecule has 4 nitrogen and oxygen atoms in total. The van der Waals surface area contributed by atoms with Crippen molar-refractivity contribution in [2.24, 2.45) is 5.73 Å². The van der Waals surface area contributed by atoms with Crippen molar-refractivity contribution in [1.29, 1.82) is 0 Å². The summed E-state index contributed by atoms with van der Waals surface area (Å²) in [6.07, 6.45) is 2.94. The third-order valence-corrected chi connectivity index (χ3v) is 0.643. The fraction of sp³-hybridized carbons (Fsp3) is 0. The number of rotatable bonds is 1. The van der Waals surface area contributed by atoms with Gasteiger partial charge in [-0.15, -0.1) is 0 Å². The van der Waals surface area contributed by atoms with Crippen molar-refractivity contribution in [1.82, 2.24) is 4.72 Å². The van der Waals surface area contributed by atoms with Crippen LogP contribution in [-0.4, -0.2) is 10.2 Å². The summed E-state index contributed by atoms with van der Waals surface area (Å²) in [5, 5.41) is 0. The second-order valence-electron chi connectivity index (χ2n) is 0.812. The zero-order chi connectivity index (χ0) is 5.86. The largest absolute Gasteiger partial charge is 1.00 e. The van der Waals surface area contributed by atoms with Crippen molar-refractivity contribution in [2.75, 3.05) is 0 Å². The molecule has 0 spiro atoms. The Morgan fingerprint density at radius 1 is 1.75 bits per heavy atom. The predicted octanol–water partition coefficient (Wildman–Crippen LogP) is -3.89. The first-order valence-electron chi connectivity index (χ1n) is 1.40. The molecule has 0 aromatic heterocycles. The maximum atomic E-state index is 9.84. The molecule has 0 rings (SSSR count). The Labute approximate surface area is 72.1 Å². The SMILES string of the molecule is [CH2-]S(=O)NC(N)=O.[Na+]. The molecule has 0 aromatic rings. The molecule has 0 saturated carbocycles. The van der Waals surface area contributed by atoms with Crippen molar-refractivity contribution in [3.05, 3.63) is 6.26 Å². The molecule has 0 saturated heterocycles. The van der Waals surface area contributed by atoms with Crippen LogP contribution in [0, 0.1) is 6.26 Å². The molecule has 0 fully saturated rings. The third-order valence-electron chi connectivity index (χ3n) is 0.214. The van der Waals surface area contributed by atoms with E-state index in [-0.39, 0.29) is 29.6 Å². The molecule has 0 aromatic carbocycles. The summed E-state index contributed by atoms with van der Waals surface area (Å²) in [7, 11) is -1.57. The van der Waals surface area contributed by atoms with Crippen LogP contribution < -0.4 is 40.0 Å². The van der Waals surface area contributed by atoms with Gasteiger partial charge in [0.2, 0.25) is 0 Å². The Hall–Kier alpha value is 0.420. The maximum absolute atomic E-state index is 9.84. The normalized spacial score (nSPS) is 11.1. The van der Waals surface area contributed by atoms with E-state index in [4.69, 9.17) is 0 Å². The smallest absolute Gasteiger partial charge is 0.351 e. The van der Waals surface area contributed by atoms with Gasteiger partial charge in [0.25, 0.3) is 0 Å². The first kappa shape index (κ1) is 11.2. The summed E-state index contributed by atoms with van der Waals surface area (Å²) < 4.78 is 11.6. The standard InChI is InChI=1S/C2H5N2O2S.Na/c1-7(6)4-2(3)5;/h1H2,(H3,3,4,5);/q-1;+1. The predicted molar refractivity (Wildman–Crippen MR) is 26.2 cm³/mol. The number of amides is 2. The fourth-order valence-corrected chi connectivity index (χ4v) is 0.337. The average molecular weight is 144 g/mol. The third kappa shape index (κ3) is 9.65. The molecular formula is C2H5N2NaO2S.